The van der Waals surface area contributed by atoms with Gasteiger partial charge in [-0.2, -0.15) is 0 Å². The SMILES string of the molecule is CC[C@H](C(=O)NC1CCCCC1)N(Cc1c(Cl)cccc1Cl)C(=O)CN(c1cc(Cl)c(Cl)cc1Cl)S(C)(=O)=O. The molecule has 0 radical (unpaired) electrons. The monoisotopic (exact) mass is 655 g/mol. The molecule has 3 rings (SSSR count). The maximum Gasteiger partial charge on any atom is 0.244 e. The molecule has 0 bridgehead atoms. The smallest absolute Gasteiger partial charge is 0.244 e. The molecule has 7 nitrogen and oxygen atoms in total. The summed E-state index contributed by atoms with van der Waals surface area (Å²) in [5.41, 5.74) is 0.425. The predicted molar refractivity (Wildman–Crippen MR) is 160 cm³/mol. The number of hydrogen-bond donors (Lipinski definition) is 1. The van der Waals surface area contributed by atoms with Crippen molar-refractivity contribution in [2.45, 2.75) is 64.1 Å². The van der Waals surface area contributed by atoms with E-state index in [4.69, 9.17) is 58.0 Å². The van der Waals surface area contributed by atoms with Crippen LogP contribution in [-0.4, -0.2) is 50.0 Å². The number of carbonyl (C=O) groups is 2. The van der Waals surface area contributed by atoms with Gasteiger partial charge in [-0.3, -0.25) is 13.9 Å². The first-order chi connectivity index (χ1) is 18.3. The zero-order valence-electron chi connectivity index (χ0n) is 21.5. The first kappa shape index (κ1) is 32.1. The number of sulfonamides is 1. The molecule has 1 fully saturated rings. The Morgan fingerprint density at radius 2 is 1.54 bits per heavy atom. The van der Waals surface area contributed by atoms with Crippen molar-refractivity contribution in [2.24, 2.45) is 0 Å². The van der Waals surface area contributed by atoms with E-state index < -0.39 is 28.5 Å². The molecule has 0 aromatic heterocycles. The van der Waals surface area contributed by atoms with Gasteiger partial charge in [-0.15, -0.1) is 0 Å². The summed E-state index contributed by atoms with van der Waals surface area (Å²) in [6, 6.07) is 6.63. The van der Waals surface area contributed by atoms with Gasteiger partial charge in [0, 0.05) is 28.2 Å². The van der Waals surface area contributed by atoms with Crippen LogP contribution in [0.1, 0.15) is 51.0 Å². The van der Waals surface area contributed by atoms with E-state index in [1.54, 1.807) is 25.1 Å². The number of benzene rings is 2. The summed E-state index contributed by atoms with van der Waals surface area (Å²) < 4.78 is 26.5. The number of anilines is 1. The van der Waals surface area contributed by atoms with Gasteiger partial charge in [-0.1, -0.05) is 90.3 Å². The van der Waals surface area contributed by atoms with E-state index in [1.165, 1.54) is 17.0 Å². The van der Waals surface area contributed by atoms with Crippen molar-refractivity contribution in [3.8, 4) is 0 Å². The minimum absolute atomic E-state index is 0.00888. The summed E-state index contributed by atoms with van der Waals surface area (Å²) in [6.45, 7) is 1.02. The van der Waals surface area contributed by atoms with E-state index in [2.05, 4.69) is 5.32 Å². The quantitative estimate of drug-likeness (QED) is 0.280. The highest BCUT2D eigenvalue weighted by atomic mass is 35.5. The first-order valence-electron chi connectivity index (χ1n) is 12.5. The van der Waals surface area contributed by atoms with Crippen LogP contribution in [0.3, 0.4) is 0 Å². The Labute approximate surface area is 254 Å². The Hall–Kier alpha value is -1.42. The second-order valence-corrected chi connectivity index (χ2v) is 13.4. The summed E-state index contributed by atoms with van der Waals surface area (Å²) in [5.74, 6) is -0.969. The predicted octanol–water partition coefficient (Wildman–Crippen LogP) is 6.98. The maximum absolute atomic E-state index is 13.9. The summed E-state index contributed by atoms with van der Waals surface area (Å²) in [6.07, 6.45) is 6.12. The minimum atomic E-state index is -4.02. The van der Waals surface area contributed by atoms with Gasteiger partial charge >= 0.3 is 0 Å². The Bertz CT molecular complexity index is 1300. The Kier molecular flexibility index (Phi) is 11.5. The van der Waals surface area contributed by atoms with Crippen LogP contribution >= 0.6 is 58.0 Å². The molecule has 2 aromatic rings. The van der Waals surface area contributed by atoms with Crippen molar-refractivity contribution in [1.29, 1.82) is 0 Å². The van der Waals surface area contributed by atoms with Gasteiger partial charge in [0.25, 0.3) is 0 Å². The highest BCUT2D eigenvalue weighted by Gasteiger charge is 2.34. The van der Waals surface area contributed by atoms with Gasteiger partial charge in [0.05, 0.1) is 27.0 Å². The molecular weight excluding hydrogens is 628 g/mol. The molecule has 1 aliphatic rings. The highest BCUT2D eigenvalue weighted by molar-refractivity contribution is 7.92. The van der Waals surface area contributed by atoms with E-state index in [9.17, 15) is 18.0 Å². The zero-order valence-corrected chi connectivity index (χ0v) is 26.1. The number of carbonyl (C=O) groups excluding carboxylic acids is 2. The van der Waals surface area contributed by atoms with E-state index in [-0.39, 0.29) is 45.7 Å². The van der Waals surface area contributed by atoms with Gasteiger partial charge in [-0.25, -0.2) is 8.42 Å². The lowest BCUT2D eigenvalue weighted by molar-refractivity contribution is -0.140. The lowest BCUT2D eigenvalue weighted by Gasteiger charge is -2.34. The first-order valence-corrected chi connectivity index (χ1v) is 16.2. The van der Waals surface area contributed by atoms with E-state index in [0.717, 1.165) is 42.7 Å². The third-order valence-electron chi connectivity index (χ3n) is 6.67. The van der Waals surface area contributed by atoms with Crippen LogP contribution in [0, 0.1) is 0 Å². The molecule has 39 heavy (non-hydrogen) atoms. The lowest BCUT2D eigenvalue weighted by Crippen LogP contribution is -2.54. The molecule has 0 heterocycles. The minimum Gasteiger partial charge on any atom is -0.352 e. The highest BCUT2D eigenvalue weighted by Crippen LogP contribution is 2.36. The topological polar surface area (TPSA) is 86.8 Å². The fourth-order valence-electron chi connectivity index (χ4n) is 4.62. The van der Waals surface area contributed by atoms with Crippen LogP contribution < -0.4 is 9.62 Å². The Morgan fingerprint density at radius 1 is 0.949 bits per heavy atom. The summed E-state index contributed by atoms with van der Waals surface area (Å²) in [4.78, 5) is 28.7. The molecule has 214 valence electrons. The maximum atomic E-state index is 13.9. The fourth-order valence-corrected chi connectivity index (χ4v) is 6.68. The van der Waals surface area contributed by atoms with Crippen molar-refractivity contribution in [1.82, 2.24) is 10.2 Å². The molecule has 0 aliphatic heterocycles. The molecule has 1 atom stereocenters. The summed E-state index contributed by atoms with van der Waals surface area (Å²) in [7, 11) is -4.02. The average Bonchev–Trinajstić information content (AvgIpc) is 2.86. The summed E-state index contributed by atoms with van der Waals surface area (Å²) in [5, 5.41) is 3.89. The average molecular weight is 658 g/mol. The van der Waals surface area contributed by atoms with Gasteiger partial charge in [0.15, 0.2) is 0 Å². The molecule has 1 saturated carbocycles. The largest absolute Gasteiger partial charge is 0.352 e. The molecule has 2 amide bonds. The number of hydrogen-bond acceptors (Lipinski definition) is 4. The van der Waals surface area contributed by atoms with Crippen molar-refractivity contribution < 1.29 is 18.0 Å². The van der Waals surface area contributed by atoms with Crippen LogP contribution in [0.25, 0.3) is 0 Å². The van der Waals surface area contributed by atoms with E-state index in [1.807, 2.05) is 0 Å². The van der Waals surface area contributed by atoms with Gasteiger partial charge < -0.3 is 10.2 Å². The molecule has 13 heteroatoms. The Morgan fingerprint density at radius 3 is 2.10 bits per heavy atom. The van der Waals surface area contributed by atoms with Crippen molar-refractivity contribution >= 4 is 85.5 Å². The zero-order chi connectivity index (χ0) is 28.9. The van der Waals surface area contributed by atoms with Crippen molar-refractivity contribution in [3.63, 3.8) is 0 Å². The summed E-state index contributed by atoms with van der Waals surface area (Å²) >= 11 is 31.3. The van der Waals surface area contributed by atoms with Crippen LogP contribution in [0.5, 0.6) is 0 Å². The third-order valence-corrected chi connectivity index (χ3v) is 9.52. The van der Waals surface area contributed by atoms with Crippen LogP contribution in [0.4, 0.5) is 5.69 Å². The molecular formula is C26H30Cl5N3O4S. The normalized spacial score (nSPS) is 15.1. The van der Waals surface area contributed by atoms with Gasteiger partial charge in [0.2, 0.25) is 21.8 Å². The molecule has 0 unspecified atom stereocenters. The molecule has 0 saturated heterocycles. The standard InChI is InChI=1S/C26H30Cl5N3O4S/c1-3-23(26(36)32-16-8-5-4-6-9-16)33(14-17-18(27)10-7-11-19(17)28)25(35)15-34(39(2,37)38)24-13-21(30)20(29)12-22(24)31/h7,10-13,16,23H,3-6,8-9,14-15H2,1-2H3,(H,32,36)/t23-/m1/s1. The third kappa shape index (κ3) is 8.30. The molecule has 0 spiro atoms. The lowest BCUT2D eigenvalue weighted by atomic mass is 9.95. The van der Waals surface area contributed by atoms with E-state index in [0.29, 0.717) is 15.6 Å². The fraction of sp³-hybridized carbons (Fsp3) is 0.462. The second-order valence-electron chi connectivity index (χ2n) is 9.48. The van der Waals surface area contributed by atoms with Crippen molar-refractivity contribution in [3.05, 3.63) is 61.0 Å². The number of amides is 2. The molecule has 1 aliphatic carbocycles. The molecule has 1 N–H and O–H groups in total. The van der Waals surface area contributed by atoms with Gasteiger partial charge in [0.1, 0.15) is 12.6 Å². The number of halogens is 5. The Balaban J connectivity index is 2.00. The van der Waals surface area contributed by atoms with Crippen LogP contribution in [-0.2, 0) is 26.2 Å². The number of nitrogens with one attached hydrogen (secondary N) is 1. The van der Waals surface area contributed by atoms with Crippen molar-refractivity contribution in [2.75, 3.05) is 17.1 Å². The van der Waals surface area contributed by atoms with Crippen LogP contribution in [0.15, 0.2) is 30.3 Å². The second kappa shape index (κ2) is 14.0. The van der Waals surface area contributed by atoms with Gasteiger partial charge in [-0.05, 0) is 43.5 Å². The number of rotatable bonds is 10. The molecule has 2 aromatic carbocycles. The van der Waals surface area contributed by atoms with Crippen LogP contribution in [0.2, 0.25) is 25.1 Å². The van der Waals surface area contributed by atoms with E-state index >= 15 is 0 Å². The number of nitrogens with zero attached hydrogens (tertiary/aromatic N) is 2.